The molecule has 2 N–H and O–H groups in total. The van der Waals surface area contributed by atoms with Gasteiger partial charge in [0.1, 0.15) is 6.04 Å². The van der Waals surface area contributed by atoms with Crippen LogP contribution in [0.4, 0.5) is 13.2 Å². The fourth-order valence-electron chi connectivity index (χ4n) is 3.81. The Morgan fingerprint density at radius 1 is 1.03 bits per heavy atom. The molecule has 0 amide bonds. The van der Waals surface area contributed by atoms with E-state index in [1.165, 1.54) is 6.20 Å². The van der Waals surface area contributed by atoms with Crippen molar-refractivity contribution in [3.8, 4) is 0 Å². The van der Waals surface area contributed by atoms with Crippen LogP contribution in [-0.2, 0) is 16.4 Å². The van der Waals surface area contributed by atoms with Gasteiger partial charge in [-0.25, -0.2) is 8.42 Å². The fraction of sp³-hybridized carbons (Fsp3) is 0.333. The summed E-state index contributed by atoms with van der Waals surface area (Å²) in [5.41, 5.74) is 3.74. The minimum absolute atomic E-state index is 0.105. The quantitative estimate of drug-likeness (QED) is 0.615. The number of aromatic amines is 1. The number of hydrogen-bond acceptors (Lipinski definition) is 2. The first-order chi connectivity index (χ1) is 13.4. The number of sulfonamides is 1. The molecule has 0 spiro atoms. The van der Waals surface area contributed by atoms with E-state index < -0.39 is 28.7 Å². The van der Waals surface area contributed by atoms with Crippen molar-refractivity contribution < 1.29 is 21.6 Å². The molecular weight excluding hydrogens is 401 g/mol. The van der Waals surface area contributed by atoms with Crippen molar-refractivity contribution in [2.75, 3.05) is 0 Å². The Hall–Kier alpha value is -2.32. The van der Waals surface area contributed by atoms with Gasteiger partial charge in [0.2, 0.25) is 10.0 Å². The van der Waals surface area contributed by atoms with E-state index in [9.17, 15) is 21.6 Å². The molecule has 3 aromatic rings. The van der Waals surface area contributed by atoms with Crippen LogP contribution in [0.3, 0.4) is 0 Å². The molecule has 0 radical (unpaired) electrons. The van der Waals surface area contributed by atoms with E-state index in [0.717, 1.165) is 16.6 Å². The molecule has 1 atom stereocenters. The number of hydrogen-bond donors (Lipinski definition) is 2. The molecule has 0 fully saturated rings. The Balaban J connectivity index is 1.99. The molecule has 1 aromatic heterocycles. The van der Waals surface area contributed by atoms with Crippen molar-refractivity contribution in [3.05, 3.63) is 64.3 Å². The second kappa shape index (κ2) is 7.50. The molecule has 4 nitrogen and oxygen atoms in total. The van der Waals surface area contributed by atoms with Gasteiger partial charge in [-0.1, -0.05) is 35.9 Å². The van der Waals surface area contributed by atoms with E-state index in [2.05, 4.69) is 4.98 Å². The minimum Gasteiger partial charge on any atom is -0.361 e. The van der Waals surface area contributed by atoms with Crippen LogP contribution < -0.4 is 4.72 Å². The molecule has 0 aliphatic carbocycles. The molecule has 0 saturated carbocycles. The van der Waals surface area contributed by atoms with Crippen molar-refractivity contribution in [2.45, 2.75) is 51.2 Å². The zero-order valence-electron chi connectivity index (χ0n) is 16.6. The monoisotopic (exact) mass is 424 g/mol. The van der Waals surface area contributed by atoms with E-state index >= 15 is 0 Å². The number of aromatic nitrogens is 1. The maximum atomic E-state index is 13.8. The van der Waals surface area contributed by atoms with Crippen molar-refractivity contribution in [1.82, 2.24) is 9.71 Å². The third kappa shape index (κ3) is 4.33. The molecule has 1 heterocycles. The van der Waals surface area contributed by atoms with Crippen molar-refractivity contribution in [1.29, 1.82) is 0 Å². The van der Waals surface area contributed by atoms with E-state index in [4.69, 9.17) is 0 Å². The van der Waals surface area contributed by atoms with Crippen LogP contribution in [0.5, 0.6) is 0 Å². The molecule has 29 heavy (non-hydrogen) atoms. The summed E-state index contributed by atoms with van der Waals surface area (Å²) in [5.74, 6) is 0. The second-order valence-electron chi connectivity index (χ2n) is 7.46. The van der Waals surface area contributed by atoms with Crippen molar-refractivity contribution in [2.24, 2.45) is 0 Å². The lowest BCUT2D eigenvalue weighted by atomic mass is 10.0. The zero-order chi connectivity index (χ0) is 21.6. The van der Waals surface area contributed by atoms with Crippen LogP contribution >= 0.6 is 0 Å². The molecule has 0 bridgehead atoms. The summed E-state index contributed by atoms with van der Waals surface area (Å²) in [4.78, 5) is 2.88. The first kappa shape index (κ1) is 21.4. The summed E-state index contributed by atoms with van der Waals surface area (Å²) in [6.07, 6.45) is -3.74. The predicted molar refractivity (Wildman–Crippen MR) is 108 cm³/mol. The molecule has 0 aliphatic rings. The molecule has 0 saturated heterocycles. The second-order valence-corrected chi connectivity index (χ2v) is 9.11. The summed E-state index contributed by atoms with van der Waals surface area (Å²) in [5, 5.41) is 0.654. The van der Waals surface area contributed by atoms with Gasteiger partial charge >= 0.3 is 6.18 Å². The van der Waals surface area contributed by atoms with Crippen LogP contribution in [0.25, 0.3) is 10.9 Å². The van der Waals surface area contributed by atoms with Crippen LogP contribution in [0.15, 0.2) is 41.4 Å². The van der Waals surface area contributed by atoms with Gasteiger partial charge in [0.05, 0.1) is 4.90 Å². The summed E-state index contributed by atoms with van der Waals surface area (Å²) in [6, 6.07) is 6.40. The topological polar surface area (TPSA) is 62.0 Å². The average Bonchev–Trinajstić information content (AvgIpc) is 2.96. The Kier molecular flexibility index (Phi) is 5.53. The van der Waals surface area contributed by atoms with Gasteiger partial charge in [-0.05, 0) is 56.4 Å². The lowest BCUT2D eigenvalue weighted by Gasteiger charge is -2.23. The van der Waals surface area contributed by atoms with E-state index in [1.807, 2.05) is 17.7 Å². The van der Waals surface area contributed by atoms with Crippen molar-refractivity contribution in [3.63, 3.8) is 0 Å². The normalized spacial score (nSPS) is 13.8. The summed E-state index contributed by atoms with van der Waals surface area (Å²) < 4.78 is 68.9. The van der Waals surface area contributed by atoms with Gasteiger partial charge in [-0.3, -0.25) is 0 Å². The highest BCUT2D eigenvalue weighted by Crippen LogP contribution is 2.30. The Morgan fingerprint density at radius 3 is 2.24 bits per heavy atom. The first-order valence-electron chi connectivity index (χ1n) is 9.12. The number of halogens is 3. The van der Waals surface area contributed by atoms with E-state index in [0.29, 0.717) is 22.1 Å². The predicted octanol–water partition coefficient (Wildman–Crippen LogP) is 4.85. The highest BCUT2D eigenvalue weighted by Gasteiger charge is 2.43. The number of aryl methyl sites for hydroxylation is 4. The molecule has 1 unspecified atom stereocenters. The smallest absolute Gasteiger partial charge is 0.361 e. The molecular formula is C21H23F3N2O2S. The molecule has 8 heteroatoms. The van der Waals surface area contributed by atoms with Gasteiger partial charge < -0.3 is 4.98 Å². The third-order valence-electron chi connectivity index (χ3n) is 5.00. The first-order valence-corrected chi connectivity index (χ1v) is 10.6. The van der Waals surface area contributed by atoms with Crippen LogP contribution in [0.2, 0.25) is 0 Å². The Bertz CT molecular complexity index is 1140. The number of nitrogens with one attached hydrogen (secondary N) is 2. The molecule has 3 rings (SSSR count). The standard InChI is InChI=1S/C21H23F3N2O2S/c1-12-8-14(3)20(15(4)9-12)29(27,28)26-18(21(22,23)24)10-16-11-25-19-13(2)6-5-7-17(16)19/h5-9,11,18,25-26H,10H2,1-4H3. The SMILES string of the molecule is Cc1cc(C)c(S(=O)(=O)NC(Cc2c[nH]c3c(C)cccc23)C(F)(F)F)c(C)c1. The van der Waals surface area contributed by atoms with Crippen LogP contribution in [-0.4, -0.2) is 25.6 Å². The molecule has 0 aliphatic heterocycles. The Labute approximate surface area is 168 Å². The number of fused-ring (bicyclic) bond motifs is 1. The largest absolute Gasteiger partial charge is 0.405 e. The number of benzene rings is 2. The molecule has 2 aromatic carbocycles. The number of H-pyrrole nitrogens is 1. The number of rotatable bonds is 5. The van der Waals surface area contributed by atoms with E-state index in [-0.39, 0.29) is 4.90 Å². The van der Waals surface area contributed by atoms with Gasteiger partial charge in [0.25, 0.3) is 0 Å². The molecule has 156 valence electrons. The van der Waals surface area contributed by atoms with Crippen molar-refractivity contribution >= 4 is 20.9 Å². The third-order valence-corrected chi connectivity index (χ3v) is 6.78. The maximum Gasteiger partial charge on any atom is 0.405 e. The summed E-state index contributed by atoms with van der Waals surface area (Å²) in [7, 11) is -4.37. The highest BCUT2D eigenvalue weighted by molar-refractivity contribution is 7.89. The maximum absolute atomic E-state index is 13.8. The summed E-state index contributed by atoms with van der Waals surface area (Å²) >= 11 is 0. The lowest BCUT2D eigenvalue weighted by Crippen LogP contribution is -2.47. The van der Waals surface area contributed by atoms with Crippen LogP contribution in [0.1, 0.15) is 27.8 Å². The van der Waals surface area contributed by atoms with Gasteiger partial charge in [0.15, 0.2) is 0 Å². The fourth-order valence-corrected chi connectivity index (χ4v) is 5.49. The van der Waals surface area contributed by atoms with Gasteiger partial charge in [0, 0.05) is 17.1 Å². The highest BCUT2D eigenvalue weighted by atomic mass is 32.2. The minimum atomic E-state index is -4.74. The average molecular weight is 424 g/mol. The van der Waals surface area contributed by atoms with Gasteiger partial charge in [-0.15, -0.1) is 0 Å². The van der Waals surface area contributed by atoms with E-state index in [1.54, 1.807) is 45.0 Å². The van der Waals surface area contributed by atoms with Crippen LogP contribution in [0, 0.1) is 27.7 Å². The zero-order valence-corrected chi connectivity index (χ0v) is 17.4. The van der Waals surface area contributed by atoms with Gasteiger partial charge in [-0.2, -0.15) is 17.9 Å². The summed E-state index contributed by atoms with van der Waals surface area (Å²) in [6.45, 7) is 6.83. The lowest BCUT2D eigenvalue weighted by molar-refractivity contribution is -0.150. The number of alkyl halides is 3. The Morgan fingerprint density at radius 2 is 1.66 bits per heavy atom. The number of para-hydroxylation sites is 1.